The Bertz CT molecular complexity index is 111. The first-order chi connectivity index (χ1) is 5.72. The zero-order valence-electron chi connectivity index (χ0n) is 8.77. The van der Waals surface area contributed by atoms with Gasteiger partial charge in [-0.2, -0.15) is 0 Å². The van der Waals surface area contributed by atoms with E-state index in [1.54, 1.807) is 0 Å². The van der Waals surface area contributed by atoms with Gasteiger partial charge in [-0.1, -0.05) is 26.7 Å². The minimum atomic E-state index is 0.727. The summed E-state index contributed by atoms with van der Waals surface area (Å²) in [5, 5.41) is 3.68. The van der Waals surface area contributed by atoms with Gasteiger partial charge in [0.25, 0.3) is 0 Å². The van der Waals surface area contributed by atoms with Crippen LogP contribution in [0.2, 0.25) is 0 Å². The van der Waals surface area contributed by atoms with Crippen molar-refractivity contribution in [2.24, 2.45) is 5.92 Å². The molecule has 0 aromatic heterocycles. The van der Waals surface area contributed by atoms with Crippen molar-refractivity contribution >= 4 is 0 Å². The van der Waals surface area contributed by atoms with Crippen LogP contribution in [-0.2, 0) is 0 Å². The van der Waals surface area contributed by atoms with E-state index in [2.05, 4.69) is 26.1 Å². The summed E-state index contributed by atoms with van der Waals surface area (Å²) in [6, 6.07) is 1.58. The normalized spacial score (nSPS) is 23.2. The first-order valence-corrected chi connectivity index (χ1v) is 5.48. The average Bonchev–Trinajstić information content (AvgIpc) is 1.97. The highest BCUT2D eigenvalue weighted by Crippen LogP contribution is 2.20. The van der Waals surface area contributed by atoms with E-state index in [-0.39, 0.29) is 0 Å². The zero-order valence-corrected chi connectivity index (χ0v) is 8.77. The molecule has 1 aliphatic rings. The molecule has 1 aliphatic carbocycles. The third kappa shape index (κ3) is 3.14. The predicted molar refractivity (Wildman–Crippen MR) is 54.3 cm³/mol. The Morgan fingerprint density at radius 3 is 2.42 bits per heavy atom. The summed E-state index contributed by atoms with van der Waals surface area (Å²) >= 11 is 0. The summed E-state index contributed by atoms with van der Waals surface area (Å²) in [5.74, 6) is 0.882. The Hall–Kier alpha value is -0.0400. The Morgan fingerprint density at radius 2 is 2.00 bits per heavy atom. The molecule has 1 nitrogen and oxygen atoms in total. The number of rotatable bonds is 5. The minimum Gasteiger partial charge on any atom is -0.311 e. The van der Waals surface area contributed by atoms with Crippen molar-refractivity contribution in [2.45, 2.75) is 65.0 Å². The van der Waals surface area contributed by atoms with Crippen LogP contribution in [0.25, 0.3) is 0 Å². The lowest BCUT2D eigenvalue weighted by Gasteiger charge is -2.30. The largest absolute Gasteiger partial charge is 0.311 e. The number of hydrogen-bond acceptors (Lipinski definition) is 1. The van der Waals surface area contributed by atoms with E-state index >= 15 is 0 Å². The number of nitrogens with one attached hydrogen (secondary N) is 1. The molecule has 0 saturated heterocycles. The molecular weight excluding hydrogens is 146 g/mol. The molecule has 0 aliphatic heterocycles. The second kappa shape index (κ2) is 4.86. The molecule has 72 valence electrons. The van der Waals surface area contributed by atoms with Crippen LogP contribution < -0.4 is 5.32 Å². The third-order valence-corrected chi connectivity index (χ3v) is 3.08. The topological polar surface area (TPSA) is 12.0 Å². The highest BCUT2D eigenvalue weighted by atomic mass is 15.0. The van der Waals surface area contributed by atoms with Gasteiger partial charge < -0.3 is 5.32 Å². The van der Waals surface area contributed by atoms with Gasteiger partial charge in [-0.05, 0) is 32.1 Å². The fourth-order valence-electron chi connectivity index (χ4n) is 1.82. The van der Waals surface area contributed by atoms with Gasteiger partial charge >= 0.3 is 0 Å². The Balaban J connectivity index is 2.05. The quantitative estimate of drug-likeness (QED) is 0.667. The maximum Gasteiger partial charge on any atom is 0.00695 e. The van der Waals surface area contributed by atoms with Crippen molar-refractivity contribution in [1.29, 1.82) is 0 Å². The molecule has 1 N–H and O–H groups in total. The standard InChI is InChI=1S/C11H23N/c1-4-9(2)8-10(3)12-11-6-5-7-11/h9-12H,4-8H2,1-3H3. The molecule has 2 atom stereocenters. The maximum atomic E-state index is 3.68. The molecule has 1 saturated carbocycles. The molecule has 0 bridgehead atoms. The van der Waals surface area contributed by atoms with Crippen LogP contribution in [0.1, 0.15) is 52.9 Å². The highest BCUT2D eigenvalue weighted by Gasteiger charge is 2.19. The number of hydrogen-bond donors (Lipinski definition) is 1. The summed E-state index contributed by atoms with van der Waals surface area (Å²) < 4.78 is 0. The average molecular weight is 169 g/mol. The molecular formula is C11H23N. The molecule has 1 heteroatoms. The van der Waals surface area contributed by atoms with E-state index in [0.29, 0.717) is 0 Å². The van der Waals surface area contributed by atoms with Crippen LogP contribution in [0.4, 0.5) is 0 Å². The lowest BCUT2D eigenvalue weighted by atomic mass is 9.91. The molecule has 0 radical (unpaired) electrons. The third-order valence-electron chi connectivity index (χ3n) is 3.08. The molecule has 0 spiro atoms. The molecule has 0 amide bonds. The van der Waals surface area contributed by atoms with Crippen molar-refractivity contribution in [1.82, 2.24) is 5.32 Å². The van der Waals surface area contributed by atoms with Gasteiger partial charge in [-0.15, -0.1) is 0 Å². The van der Waals surface area contributed by atoms with E-state index < -0.39 is 0 Å². The van der Waals surface area contributed by atoms with Crippen LogP contribution in [0, 0.1) is 5.92 Å². The van der Waals surface area contributed by atoms with Gasteiger partial charge in [0.1, 0.15) is 0 Å². The second-order valence-corrected chi connectivity index (χ2v) is 4.44. The van der Waals surface area contributed by atoms with E-state index in [0.717, 1.165) is 18.0 Å². The maximum absolute atomic E-state index is 3.68. The smallest absolute Gasteiger partial charge is 0.00695 e. The molecule has 0 aromatic carbocycles. The summed E-state index contributed by atoms with van der Waals surface area (Å²) in [4.78, 5) is 0. The van der Waals surface area contributed by atoms with Crippen molar-refractivity contribution in [2.75, 3.05) is 0 Å². The fraction of sp³-hybridized carbons (Fsp3) is 1.00. The van der Waals surface area contributed by atoms with Crippen molar-refractivity contribution in [3.05, 3.63) is 0 Å². The summed E-state index contributed by atoms with van der Waals surface area (Å²) in [6.07, 6.45) is 6.91. The zero-order chi connectivity index (χ0) is 8.97. The molecule has 12 heavy (non-hydrogen) atoms. The van der Waals surface area contributed by atoms with Crippen molar-refractivity contribution < 1.29 is 0 Å². The Kier molecular flexibility index (Phi) is 4.07. The molecule has 2 unspecified atom stereocenters. The SMILES string of the molecule is CCC(C)CC(C)NC1CCC1. The fourth-order valence-corrected chi connectivity index (χ4v) is 1.82. The van der Waals surface area contributed by atoms with E-state index in [4.69, 9.17) is 0 Å². The summed E-state index contributed by atoms with van der Waals surface area (Å²) in [6.45, 7) is 6.95. The van der Waals surface area contributed by atoms with Gasteiger partial charge in [-0.3, -0.25) is 0 Å². The van der Waals surface area contributed by atoms with Crippen LogP contribution in [0.3, 0.4) is 0 Å². The molecule has 0 aromatic rings. The monoisotopic (exact) mass is 169 g/mol. The van der Waals surface area contributed by atoms with Gasteiger partial charge in [0.15, 0.2) is 0 Å². The highest BCUT2D eigenvalue weighted by molar-refractivity contribution is 4.79. The Labute approximate surface area is 76.9 Å². The summed E-state index contributed by atoms with van der Waals surface area (Å²) in [5.41, 5.74) is 0. The van der Waals surface area contributed by atoms with Gasteiger partial charge in [-0.25, -0.2) is 0 Å². The lowest BCUT2D eigenvalue weighted by molar-refractivity contribution is 0.287. The van der Waals surface area contributed by atoms with Gasteiger partial charge in [0.05, 0.1) is 0 Å². The van der Waals surface area contributed by atoms with Crippen molar-refractivity contribution in [3.63, 3.8) is 0 Å². The van der Waals surface area contributed by atoms with Crippen LogP contribution in [0.15, 0.2) is 0 Å². The lowest BCUT2D eigenvalue weighted by Crippen LogP contribution is -2.41. The molecule has 1 rings (SSSR count). The van der Waals surface area contributed by atoms with Crippen LogP contribution in [0.5, 0.6) is 0 Å². The van der Waals surface area contributed by atoms with Gasteiger partial charge in [0.2, 0.25) is 0 Å². The second-order valence-electron chi connectivity index (χ2n) is 4.44. The predicted octanol–water partition coefficient (Wildman–Crippen LogP) is 2.95. The van der Waals surface area contributed by atoms with Gasteiger partial charge in [0, 0.05) is 12.1 Å². The van der Waals surface area contributed by atoms with Crippen LogP contribution >= 0.6 is 0 Å². The summed E-state index contributed by atoms with van der Waals surface area (Å²) in [7, 11) is 0. The van der Waals surface area contributed by atoms with E-state index in [9.17, 15) is 0 Å². The molecule has 0 heterocycles. The van der Waals surface area contributed by atoms with Crippen LogP contribution in [-0.4, -0.2) is 12.1 Å². The minimum absolute atomic E-state index is 0.727. The Morgan fingerprint density at radius 1 is 1.33 bits per heavy atom. The molecule has 1 fully saturated rings. The first-order valence-electron chi connectivity index (χ1n) is 5.48. The first kappa shape index (κ1) is 10.0. The van der Waals surface area contributed by atoms with E-state index in [1.165, 1.54) is 32.1 Å². The van der Waals surface area contributed by atoms with E-state index in [1.807, 2.05) is 0 Å². The van der Waals surface area contributed by atoms with Crippen molar-refractivity contribution in [3.8, 4) is 0 Å².